The molecule has 27 heavy (non-hydrogen) atoms. The van der Waals surface area contributed by atoms with E-state index in [9.17, 15) is 29.6 Å². The molecule has 2 aromatic rings. The molecule has 1 fully saturated rings. The van der Waals surface area contributed by atoms with Gasteiger partial charge in [0.25, 0.3) is 11.8 Å². The van der Waals surface area contributed by atoms with Crippen LogP contribution < -0.4 is 10.2 Å². The SMILES string of the molecule is O=C1NC(=O)N(c2cccc(Br)c2)C(=O)/C1=C\c1ccc(O)c([N+](=O)[O-])c1. The first kappa shape index (κ1) is 18.3. The summed E-state index contributed by atoms with van der Waals surface area (Å²) in [5, 5.41) is 22.5. The number of rotatable bonds is 3. The van der Waals surface area contributed by atoms with Gasteiger partial charge >= 0.3 is 11.7 Å². The minimum Gasteiger partial charge on any atom is -0.502 e. The van der Waals surface area contributed by atoms with Crippen LogP contribution in [0.3, 0.4) is 0 Å². The van der Waals surface area contributed by atoms with Crippen molar-refractivity contribution in [2.24, 2.45) is 0 Å². The molecule has 3 rings (SSSR count). The zero-order valence-corrected chi connectivity index (χ0v) is 15.0. The van der Waals surface area contributed by atoms with Gasteiger partial charge in [-0.25, -0.2) is 9.69 Å². The third kappa shape index (κ3) is 3.55. The van der Waals surface area contributed by atoms with Crippen LogP contribution in [0.1, 0.15) is 5.56 Å². The molecule has 4 amide bonds. The van der Waals surface area contributed by atoms with E-state index >= 15 is 0 Å². The van der Waals surface area contributed by atoms with Gasteiger partial charge in [0.05, 0.1) is 10.6 Å². The summed E-state index contributed by atoms with van der Waals surface area (Å²) < 4.78 is 0.622. The molecule has 0 saturated carbocycles. The smallest absolute Gasteiger partial charge is 0.335 e. The summed E-state index contributed by atoms with van der Waals surface area (Å²) >= 11 is 3.24. The Bertz CT molecular complexity index is 1030. The molecule has 0 spiro atoms. The number of phenols is 1. The highest BCUT2D eigenvalue weighted by atomic mass is 79.9. The van der Waals surface area contributed by atoms with E-state index in [1.54, 1.807) is 12.1 Å². The van der Waals surface area contributed by atoms with E-state index in [1.165, 1.54) is 18.2 Å². The van der Waals surface area contributed by atoms with Gasteiger partial charge in [-0.05, 0) is 35.9 Å². The Morgan fingerprint density at radius 2 is 1.89 bits per heavy atom. The van der Waals surface area contributed by atoms with Crippen molar-refractivity contribution in [1.82, 2.24) is 5.32 Å². The van der Waals surface area contributed by atoms with Crippen molar-refractivity contribution in [3.63, 3.8) is 0 Å². The van der Waals surface area contributed by atoms with E-state index in [-0.39, 0.29) is 16.8 Å². The molecule has 1 saturated heterocycles. The van der Waals surface area contributed by atoms with Crippen molar-refractivity contribution < 1.29 is 24.4 Å². The highest BCUT2D eigenvalue weighted by Crippen LogP contribution is 2.29. The quantitative estimate of drug-likeness (QED) is 0.332. The van der Waals surface area contributed by atoms with Crippen LogP contribution in [0.15, 0.2) is 52.5 Å². The number of halogens is 1. The van der Waals surface area contributed by atoms with E-state index in [0.29, 0.717) is 4.47 Å². The number of urea groups is 1. The normalized spacial score (nSPS) is 15.8. The zero-order chi connectivity index (χ0) is 19.7. The average Bonchev–Trinajstić information content (AvgIpc) is 2.59. The van der Waals surface area contributed by atoms with Gasteiger partial charge in [0.2, 0.25) is 0 Å². The first-order valence-corrected chi connectivity index (χ1v) is 8.21. The third-order valence-electron chi connectivity index (χ3n) is 3.68. The number of carbonyl (C=O) groups is 3. The Labute approximate surface area is 160 Å². The highest BCUT2D eigenvalue weighted by Gasteiger charge is 2.37. The standard InChI is InChI=1S/C17H10BrN3O6/c18-10-2-1-3-11(8-10)20-16(24)12(15(23)19-17(20)25)6-9-4-5-14(22)13(7-9)21(26)27/h1-8,22H,(H,19,23,25)/b12-6-. The molecule has 0 bridgehead atoms. The van der Waals surface area contributed by atoms with Crippen molar-refractivity contribution in [2.75, 3.05) is 4.90 Å². The summed E-state index contributed by atoms with van der Waals surface area (Å²) in [5.41, 5.74) is -0.578. The minimum absolute atomic E-state index is 0.140. The van der Waals surface area contributed by atoms with Crippen LogP contribution in [0.25, 0.3) is 6.08 Å². The molecular weight excluding hydrogens is 422 g/mol. The number of phenolic OH excluding ortho intramolecular Hbond substituents is 1. The van der Waals surface area contributed by atoms with E-state index in [4.69, 9.17) is 0 Å². The number of nitrogens with zero attached hydrogens (tertiary/aromatic N) is 2. The zero-order valence-electron chi connectivity index (χ0n) is 13.4. The van der Waals surface area contributed by atoms with Crippen LogP contribution in [-0.2, 0) is 9.59 Å². The Kier molecular flexibility index (Phi) is 4.74. The number of nitro benzene ring substituents is 1. The number of benzene rings is 2. The topological polar surface area (TPSA) is 130 Å². The second-order valence-electron chi connectivity index (χ2n) is 5.44. The molecule has 10 heteroatoms. The van der Waals surface area contributed by atoms with E-state index in [2.05, 4.69) is 21.2 Å². The van der Waals surface area contributed by atoms with Gasteiger partial charge in [-0.2, -0.15) is 0 Å². The average molecular weight is 432 g/mol. The molecule has 2 N–H and O–H groups in total. The number of nitrogens with one attached hydrogen (secondary N) is 1. The summed E-state index contributed by atoms with van der Waals surface area (Å²) in [6.07, 6.45) is 1.11. The molecule has 0 aliphatic carbocycles. The predicted molar refractivity (Wildman–Crippen MR) is 97.9 cm³/mol. The molecule has 2 aromatic carbocycles. The number of amides is 4. The summed E-state index contributed by atoms with van der Waals surface area (Å²) in [6.45, 7) is 0. The second-order valence-corrected chi connectivity index (χ2v) is 6.36. The summed E-state index contributed by atoms with van der Waals surface area (Å²) in [5.74, 6) is -2.35. The predicted octanol–water partition coefficient (Wildman–Crippen LogP) is 2.73. The van der Waals surface area contributed by atoms with Gasteiger partial charge in [0.1, 0.15) is 5.57 Å². The lowest BCUT2D eigenvalue weighted by molar-refractivity contribution is -0.385. The lowest BCUT2D eigenvalue weighted by Gasteiger charge is -2.26. The van der Waals surface area contributed by atoms with Gasteiger partial charge in [-0.1, -0.05) is 28.1 Å². The van der Waals surface area contributed by atoms with Crippen LogP contribution in [0.4, 0.5) is 16.2 Å². The largest absolute Gasteiger partial charge is 0.502 e. The molecule has 136 valence electrons. The van der Waals surface area contributed by atoms with E-state index in [0.717, 1.165) is 23.1 Å². The fourth-order valence-electron chi connectivity index (χ4n) is 2.45. The van der Waals surface area contributed by atoms with Crippen LogP contribution in [-0.4, -0.2) is 27.9 Å². The molecule has 0 aromatic heterocycles. The first-order chi connectivity index (χ1) is 12.8. The molecule has 1 heterocycles. The minimum atomic E-state index is -0.924. The molecular formula is C17H10BrN3O6. The van der Waals surface area contributed by atoms with Crippen LogP contribution in [0.5, 0.6) is 5.75 Å². The number of anilines is 1. The second kappa shape index (κ2) is 7.00. The van der Waals surface area contributed by atoms with Crippen molar-refractivity contribution in [1.29, 1.82) is 0 Å². The lowest BCUT2D eigenvalue weighted by atomic mass is 10.1. The molecule has 9 nitrogen and oxygen atoms in total. The number of carbonyl (C=O) groups excluding carboxylic acids is 3. The van der Waals surface area contributed by atoms with Crippen molar-refractivity contribution >= 4 is 51.2 Å². The maximum atomic E-state index is 12.7. The van der Waals surface area contributed by atoms with Crippen molar-refractivity contribution in [3.8, 4) is 5.75 Å². The van der Waals surface area contributed by atoms with Gasteiger partial charge in [-0.15, -0.1) is 0 Å². The third-order valence-corrected chi connectivity index (χ3v) is 4.17. The van der Waals surface area contributed by atoms with Gasteiger partial charge in [0.15, 0.2) is 5.75 Å². The van der Waals surface area contributed by atoms with Gasteiger partial charge in [-0.3, -0.25) is 25.0 Å². The van der Waals surface area contributed by atoms with Crippen molar-refractivity contribution in [3.05, 3.63) is 68.2 Å². The Balaban J connectivity index is 2.04. The van der Waals surface area contributed by atoms with E-state index in [1.807, 2.05) is 0 Å². The van der Waals surface area contributed by atoms with Crippen LogP contribution in [0.2, 0.25) is 0 Å². The monoisotopic (exact) mass is 431 g/mol. The highest BCUT2D eigenvalue weighted by molar-refractivity contribution is 9.10. The lowest BCUT2D eigenvalue weighted by Crippen LogP contribution is -2.54. The fourth-order valence-corrected chi connectivity index (χ4v) is 2.84. The van der Waals surface area contributed by atoms with E-state index < -0.39 is 34.2 Å². The van der Waals surface area contributed by atoms with Crippen LogP contribution in [0, 0.1) is 10.1 Å². The summed E-state index contributed by atoms with van der Waals surface area (Å²) in [6, 6.07) is 8.84. The molecule has 1 aliphatic heterocycles. The number of barbiturate groups is 1. The Morgan fingerprint density at radius 3 is 2.56 bits per heavy atom. The Hall–Kier alpha value is -3.53. The summed E-state index contributed by atoms with van der Waals surface area (Å²) in [4.78, 5) is 47.9. The first-order valence-electron chi connectivity index (χ1n) is 7.42. The summed E-state index contributed by atoms with van der Waals surface area (Å²) in [7, 11) is 0. The molecule has 1 aliphatic rings. The maximum absolute atomic E-state index is 12.7. The Morgan fingerprint density at radius 1 is 1.15 bits per heavy atom. The maximum Gasteiger partial charge on any atom is 0.335 e. The number of hydrogen-bond donors (Lipinski definition) is 2. The van der Waals surface area contributed by atoms with Gasteiger partial charge in [0, 0.05) is 10.5 Å². The molecule has 0 radical (unpaired) electrons. The number of aromatic hydroxyl groups is 1. The van der Waals surface area contributed by atoms with Crippen molar-refractivity contribution in [2.45, 2.75) is 0 Å². The number of hydrogen-bond acceptors (Lipinski definition) is 6. The molecule has 0 atom stereocenters. The fraction of sp³-hybridized carbons (Fsp3) is 0. The van der Waals surface area contributed by atoms with Gasteiger partial charge < -0.3 is 5.11 Å². The number of nitro groups is 1. The molecule has 0 unspecified atom stereocenters. The van der Waals surface area contributed by atoms with Crippen LogP contribution >= 0.6 is 15.9 Å². The number of imide groups is 2.